The van der Waals surface area contributed by atoms with Crippen LogP contribution in [0.1, 0.15) is 19.4 Å². The Labute approximate surface area is 164 Å². The minimum absolute atomic E-state index is 0.126. The lowest BCUT2D eigenvalue weighted by Gasteiger charge is -2.21. The van der Waals surface area contributed by atoms with Crippen molar-refractivity contribution in [2.45, 2.75) is 26.4 Å². The number of rotatable bonds is 7. The second-order valence-electron chi connectivity index (χ2n) is 7.34. The Morgan fingerprint density at radius 3 is 2.46 bits per heavy atom. The van der Waals surface area contributed by atoms with Crippen LogP contribution in [0.5, 0.6) is 17.2 Å². The van der Waals surface area contributed by atoms with Crippen LogP contribution < -0.4 is 19.1 Å². The molecule has 0 saturated carbocycles. The van der Waals surface area contributed by atoms with Gasteiger partial charge >= 0.3 is 0 Å². The van der Waals surface area contributed by atoms with Crippen LogP contribution >= 0.6 is 0 Å². The maximum Gasteiger partial charge on any atom is 0.294 e. The highest BCUT2D eigenvalue weighted by Gasteiger charge is 2.28. The molecule has 1 amide bonds. The third-order valence-electron chi connectivity index (χ3n) is 4.20. The summed E-state index contributed by atoms with van der Waals surface area (Å²) in [6, 6.07) is 12.8. The summed E-state index contributed by atoms with van der Waals surface area (Å²) in [5, 5.41) is 9.83. The Morgan fingerprint density at radius 2 is 1.82 bits per heavy atom. The van der Waals surface area contributed by atoms with Gasteiger partial charge < -0.3 is 24.2 Å². The number of methoxy groups -OCH3 is 1. The molecule has 0 atom stereocenters. The first kappa shape index (κ1) is 19.8. The largest absolute Gasteiger partial charge is 0.493 e. The van der Waals surface area contributed by atoms with Crippen LogP contribution in [-0.4, -0.2) is 36.9 Å². The molecule has 0 saturated heterocycles. The summed E-state index contributed by atoms with van der Waals surface area (Å²) in [5.74, 6) is 1.70. The number of hydrogen-bond donors (Lipinski definition) is 1. The van der Waals surface area contributed by atoms with Crippen LogP contribution in [0.25, 0.3) is 0 Å². The lowest BCUT2D eigenvalue weighted by molar-refractivity contribution is -0.116. The number of benzene rings is 2. The van der Waals surface area contributed by atoms with Gasteiger partial charge in [-0.3, -0.25) is 4.79 Å². The van der Waals surface area contributed by atoms with Gasteiger partial charge in [0.15, 0.2) is 17.3 Å². The first-order valence-corrected chi connectivity index (χ1v) is 9.06. The summed E-state index contributed by atoms with van der Waals surface area (Å²) >= 11 is 0. The van der Waals surface area contributed by atoms with Crippen molar-refractivity contribution in [3.05, 3.63) is 59.9 Å². The Bertz CT molecular complexity index is 881. The van der Waals surface area contributed by atoms with Gasteiger partial charge in [0.2, 0.25) is 0 Å². The van der Waals surface area contributed by atoms with Crippen molar-refractivity contribution in [3.63, 3.8) is 0 Å². The normalized spacial score (nSPS) is 14.1. The molecule has 0 unspecified atom stereocenters. The monoisotopic (exact) mass is 383 g/mol. The molecule has 1 aliphatic rings. The quantitative estimate of drug-likeness (QED) is 0.793. The van der Waals surface area contributed by atoms with Gasteiger partial charge in [0, 0.05) is 18.3 Å². The standard InChI is InChI=1S/C22H25NO5/c1-15-5-8-17(9-6-15)28-19-11-12-23(21(19)24)16-7-10-18(20(13-16)26-4)27-14-22(2,3)25/h5-11,13,25H,12,14H2,1-4H3. The molecule has 0 bridgehead atoms. The van der Waals surface area contributed by atoms with E-state index in [0.717, 1.165) is 5.56 Å². The van der Waals surface area contributed by atoms with E-state index in [4.69, 9.17) is 14.2 Å². The Hall–Kier alpha value is -2.99. The summed E-state index contributed by atoms with van der Waals surface area (Å²) in [7, 11) is 1.53. The van der Waals surface area contributed by atoms with E-state index in [0.29, 0.717) is 35.2 Å². The van der Waals surface area contributed by atoms with E-state index >= 15 is 0 Å². The number of carbonyl (C=O) groups is 1. The first-order valence-electron chi connectivity index (χ1n) is 9.06. The summed E-state index contributed by atoms with van der Waals surface area (Å²) in [4.78, 5) is 14.3. The minimum atomic E-state index is -0.958. The van der Waals surface area contributed by atoms with Crippen LogP contribution in [0.15, 0.2) is 54.3 Å². The second-order valence-corrected chi connectivity index (χ2v) is 7.34. The maximum atomic E-state index is 12.7. The van der Waals surface area contributed by atoms with E-state index < -0.39 is 5.60 Å². The van der Waals surface area contributed by atoms with E-state index in [1.807, 2.05) is 31.2 Å². The van der Waals surface area contributed by atoms with Crippen molar-refractivity contribution in [1.29, 1.82) is 0 Å². The fraction of sp³-hybridized carbons (Fsp3) is 0.318. The van der Waals surface area contributed by atoms with E-state index in [1.165, 1.54) is 7.11 Å². The number of nitrogens with zero attached hydrogens (tertiary/aromatic N) is 1. The summed E-state index contributed by atoms with van der Waals surface area (Å²) < 4.78 is 16.8. The SMILES string of the molecule is COc1cc(N2CC=C(Oc3ccc(C)cc3)C2=O)ccc1OCC(C)(C)O. The Kier molecular flexibility index (Phi) is 5.61. The van der Waals surface area contributed by atoms with Gasteiger partial charge in [0.05, 0.1) is 12.7 Å². The van der Waals surface area contributed by atoms with Crippen molar-refractivity contribution >= 4 is 11.6 Å². The fourth-order valence-electron chi connectivity index (χ4n) is 2.72. The Morgan fingerprint density at radius 1 is 1.11 bits per heavy atom. The zero-order valence-electron chi connectivity index (χ0n) is 16.6. The van der Waals surface area contributed by atoms with Crippen molar-refractivity contribution < 1.29 is 24.1 Å². The molecule has 28 heavy (non-hydrogen) atoms. The second kappa shape index (κ2) is 7.94. The molecule has 6 heteroatoms. The number of amides is 1. The Balaban J connectivity index is 1.72. The van der Waals surface area contributed by atoms with Gasteiger partial charge in [-0.2, -0.15) is 0 Å². The summed E-state index contributed by atoms with van der Waals surface area (Å²) in [6.07, 6.45) is 1.76. The molecule has 148 valence electrons. The third-order valence-corrected chi connectivity index (χ3v) is 4.20. The molecule has 1 heterocycles. The number of aliphatic hydroxyl groups is 1. The topological polar surface area (TPSA) is 68.2 Å². The molecule has 0 fully saturated rings. The first-order chi connectivity index (χ1) is 13.3. The van der Waals surface area contributed by atoms with Crippen molar-refractivity contribution in [1.82, 2.24) is 0 Å². The molecule has 1 aliphatic heterocycles. The number of aryl methyl sites for hydroxylation is 1. The number of anilines is 1. The van der Waals surface area contributed by atoms with Crippen LogP contribution in [0.2, 0.25) is 0 Å². The molecular formula is C22H25NO5. The van der Waals surface area contributed by atoms with Gasteiger partial charge in [-0.15, -0.1) is 0 Å². The molecule has 1 N–H and O–H groups in total. The van der Waals surface area contributed by atoms with Gasteiger partial charge in [-0.25, -0.2) is 0 Å². The van der Waals surface area contributed by atoms with E-state index in [9.17, 15) is 9.90 Å². The van der Waals surface area contributed by atoms with E-state index in [1.54, 1.807) is 43.0 Å². The average Bonchev–Trinajstić information content (AvgIpc) is 3.01. The molecule has 2 aromatic carbocycles. The van der Waals surface area contributed by atoms with Crippen molar-refractivity contribution in [2.24, 2.45) is 0 Å². The predicted octanol–water partition coefficient (Wildman–Crippen LogP) is 3.46. The zero-order valence-corrected chi connectivity index (χ0v) is 16.6. The van der Waals surface area contributed by atoms with Crippen LogP contribution in [0, 0.1) is 6.92 Å². The lowest BCUT2D eigenvalue weighted by atomic mass is 10.2. The van der Waals surface area contributed by atoms with Gasteiger partial charge in [-0.1, -0.05) is 17.7 Å². The highest BCUT2D eigenvalue weighted by molar-refractivity contribution is 6.07. The molecule has 3 rings (SSSR count). The van der Waals surface area contributed by atoms with Gasteiger partial charge in [0.1, 0.15) is 12.4 Å². The molecule has 0 aliphatic carbocycles. The zero-order chi connectivity index (χ0) is 20.3. The lowest BCUT2D eigenvalue weighted by Crippen LogP contribution is -2.28. The van der Waals surface area contributed by atoms with Gasteiger partial charge in [0.25, 0.3) is 5.91 Å². The predicted molar refractivity (Wildman–Crippen MR) is 107 cm³/mol. The maximum absolute atomic E-state index is 12.7. The average molecular weight is 383 g/mol. The van der Waals surface area contributed by atoms with Crippen molar-refractivity contribution in [2.75, 3.05) is 25.2 Å². The van der Waals surface area contributed by atoms with Crippen LogP contribution in [-0.2, 0) is 4.79 Å². The molecule has 0 spiro atoms. The fourth-order valence-corrected chi connectivity index (χ4v) is 2.72. The number of carbonyl (C=O) groups excluding carboxylic acids is 1. The highest BCUT2D eigenvalue weighted by atomic mass is 16.5. The molecule has 2 aromatic rings. The van der Waals surface area contributed by atoms with Crippen molar-refractivity contribution in [3.8, 4) is 17.2 Å². The van der Waals surface area contributed by atoms with Crippen LogP contribution in [0.4, 0.5) is 5.69 Å². The summed E-state index contributed by atoms with van der Waals surface area (Å²) in [5.41, 5.74) is 0.844. The number of ether oxygens (including phenoxy) is 3. The van der Waals surface area contributed by atoms with E-state index in [2.05, 4.69) is 0 Å². The third kappa shape index (κ3) is 4.64. The van der Waals surface area contributed by atoms with E-state index in [-0.39, 0.29) is 12.5 Å². The number of hydrogen-bond acceptors (Lipinski definition) is 5. The van der Waals surface area contributed by atoms with Gasteiger partial charge in [-0.05, 0) is 51.1 Å². The molecular weight excluding hydrogens is 358 g/mol. The molecule has 0 aromatic heterocycles. The smallest absolute Gasteiger partial charge is 0.294 e. The molecule has 6 nitrogen and oxygen atoms in total. The highest BCUT2D eigenvalue weighted by Crippen LogP contribution is 2.34. The van der Waals surface area contributed by atoms with Crippen LogP contribution in [0.3, 0.4) is 0 Å². The summed E-state index contributed by atoms with van der Waals surface area (Å²) in [6.45, 7) is 5.86. The molecule has 0 radical (unpaired) electrons. The minimum Gasteiger partial charge on any atom is -0.493 e.